The van der Waals surface area contributed by atoms with Crippen LogP contribution in [0.1, 0.15) is 35.3 Å². The van der Waals surface area contributed by atoms with Gasteiger partial charge in [0.2, 0.25) is 18.1 Å². The van der Waals surface area contributed by atoms with Gasteiger partial charge >= 0.3 is 28.8 Å². The largest absolute Gasteiger partial charge is 0.697 e. The Bertz CT molecular complexity index is 1630. The van der Waals surface area contributed by atoms with Gasteiger partial charge in [0.1, 0.15) is 12.1 Å². The van der Waals surface area contributed by atoms with E-state index in [2.05, 4.69) is 39.6 Å². The van der Waals surface area contributed by atoms with Crippen LogP contribution in [0.3, 0.4) is 0 Å². The van der Waals surface area contributed by atoms with Crippen molar-refractivity contribution in [3.63, 3.8) is 0 Å². The minimum Gasteiger partial charge on any atom is -0.480 e. The van der Waals surface area contributed by atoms with Crippen molar-refractivity contribution in [2.24, 2.45) is 0 Å². The summed E-state index contributed by atoms with van der Waals surface area (Å²) >= 11 is 0. The topological polar surface area (TPSA) is 336 Å². The van der Waals surface area contributed by atoms with E-state index < -0.39 is 78.2 Å². The summed E-state index contributed by atoms with van der Waals surface area (Å²) in [6.45, 7) is 0.288. The van der Waals surface area contributed by atoms with E-state index in [-0.39, 0.29) is 29.5 Å². The first-order valence-corrected chi connectivity index (χ1v) is 15.5. The zero-order valence-electron chi connectivity index (χ0n) is 24.3. The lowest BCUT2D eigenvalue weighted by atomic mass is 10.1. The molecule has 1 aromatic carbocycles. The smallest absolute Gasteiger partial charge is 0.480 e. The highest BCUT2D eigenvalue weighted by Gasteiger charge is 2.33. The van der Waals surface area contributed by atoms with Crippen LogP contribution in [-0.4, -0.2) is 94.0 Å². The molecule has 0 aliphatic heterocycles. The van der Waals surface area contributed by atoms with E-state index in [1.165, 1.54) is 18.3 Å². The van der Waals surface area contributed by atoms with E-state index in [0.717, 1.165) is 0 Å². The van der Waals surface area contributed by atoms with Crippen LogP contribution in [0.2, 0.25) is 0 Å². The van der Waals surface area contributed by atoms with E-state index >= 15 is 0 Å². The average molecular weight is 699 g/mol. The molecule has 2 aromatic heterocycles. The number of fused-ring (bicyclic) bond motifs is 1. The van der Waals surface area contributed by atoms with Crippen LogP contribution < -0.4 is 27.0 Å². The first-order chi connectivity index (χ1) is 22.1. The molecule has 2 amide bonds. The molecule has 47 heavy (non-hydrogen) atoms. The van der Waals surface area contributed by atoms with Gasteiger partial charge in [0.25, 0.3) is 5.91 Å². The number of nitrogens with one attached hydrogen (secondary N) is 2. The fraction of sp³-hybridized carbons (Fsp3) is 0.333. The number of anilines is 3. The molecule has 252 valence electrons. The number of amides is 2. The number of hydrogen-bond acceptors (Lipinski definition) is 16. The number of aromatic nitrogens is 4. The standard InChI is InChI=1S/C24H29N9O12P2/c1-33(10-12-9-27-20-18(28-12)19(25)31-24(26)32-20)13-4-2-11(3-5-13)21(35)30-14(22(36)37)6-7-16(34)29-15(23(38)39)8-17(44-46(40)41)45-47(42)43/h2-5,9,14-15,17,40-41H,6-8,10H2,1H3,(H8-,25,26,27,29,30,31,32,34,35,36,37,38,39,42,43)/p+1. The second-order valence-electron chi connectivity index (χ2n) is 9.63. The number of nitrogens with two attached hydrogens (primary N) is 2. The lowest BCUT2D eigenvalue weighted by molar-refractivity contribution is -0.144. The summed E-state index contributed by atoms with van der Waals surface area (Å²) in [5.74, 6) is -4.75. The van der Waals surface area contributed by atoms with Gasteiger partial charge in [0.05, 0.1) is 18.4 Å². The Labute approximate surface area is 266 Å². The van der Waals surface area contributed by atoms with E-state index in [9.17, 15) is 34.0 Å². The van der Waals surface area contributed by atoms with E-state index in [1.54, 1.807) is 24.1 Å². The minimum atomic E-state index is -3.33. The number of benzene rings is 1. The Morgan fingerprint density at radius 2 is 1.68 bits per heavy atom. The fourth-order valence-corrected chi connectivity index (χ4v) is 4.76. The Morgan fingerprint density at radius 3 is 2.28 bits per heavy atom. The van der Waals surface area contributed by atoms with Gasteiger partial charge in [-0.05, 0) is 30.7 Å². The molecule has 4 atom stereocenters. The minimum absolute atomic E-state index is 0.0288. The third-order valence-electron chi connectivity index (χ3n) is 6.22. The van der Waals surface area contributed by atoms with Gasteiger partial charge in [0, 0.05) is 35.7 Å². The van der Waals surface area contributed by atoms with Crippen molar-refractivity contribution in [1.82, 2.24) is 30.6 Å². The molecule has 3 aromatic rings. The Balaban J connectivity index is 1.57. The quantitative estimate of drug-likeness (QED) is 0.0625. The van der Waals surface area contributed by atoms with Crippen molar-refractivity contribution in [2.75, 3.05) is 23.4 Å². The highest BCUT2D eigenvalue weighted by molar-refractivity contribution is 7.39. The summed E-state index contributed by atoms with van der Waals surface area (Å²) in [5, 5.41) is 23.3. The molecule has 23 heteroatoms. The molecule has 0 aliphatic rings. The summed E-state index contributed by atoms with van der Waals surface area (Å²) in [6.07, 6.45) is -2.18. The predicted octanol–water partition coefficient (Wildman–Crippen LogP) is -0.636. The lowest BCUT2D eigenvalue weighted by Crippen LogP contribution is -2.45. The zero-order chi connectivity index (χ0) is 34.8. The highest BCUT2D eigenvalue weighted by Crippen LogP contribution is 2.33. The maximum absolute atomic E-state index is 12.8. The first-order valence-electron chi connectivity index (χ1n) is 13.2. The number of carboxylic acids is 2. The molecule has 0 radical (unpaired) electrons. The summed E-state index contributed by atoms with van der Waals surface area (Å²) in [6, 6.07) is 2.81. The molecule has 21 nitrogen and oxygen atoms in total. The second-order valence-corrected chi connectivity index (χ2v) is 11.0. The van der Waals surface area contributed by atoms with Crippen LogP contribution in [-0.2, 0) is 34.5 Å². The number of nitrogen functional groups attached to an aromatic ring is 2. The molecular weight excluding hydrogens is 668 g/mol. The van der Waals surface area contributed by atoms with E-state index in [4.69, 9.17) is 26.1 Å². The summed E-state index contributed by atoms with van der Waals surface area (Å²) in [5.41, 5.74) is 13.3. The van der Waals surface area contributed by atoms with Gasteiger partial charge < -0.3 is 47.0 Å². The Morgan fingerprint density at radius 1 is 1.02 bits per heavy atom. The zero-order valence-corrected chi connectivity index (χ0v) is 26.1. The van der Waals surface area contributed by atoms with Crippen LogP contribution in [0.15, 0.2) is 30.5 Å². The monoisotopic (exact) mass is 698 g/mol. The Kier molecular flexibility index (Phi) is 13.0. The Hall–Kier alpha value is -4.75. The normalized spacial score (nSPS) is 13.4. The average Bonchev–Trinajstić information content (AvgIpc) is 2.98. The second kappa shape index (κ2) is 16.7. The molecule has 3 rings (SSSR count). The third kappa shape index (κ3) is 11.2. The van der Waals surface area contributed by atoms with E-state index in [0.29, 0.717) is 16.9 Å². The van der Waals surface area contributed by atoms with Gasteiger partial charge in [-0.2, -0.15) is 9.97 Å². The number of rotatable bonds is 17. The number of hydrogen-bond donors (Lipinski definition) is 9. The van der Waals surface area contributed by atoms with Crippen LogP contribution >= 0.6 is 16.9 Å². The number of nitrogens with zero attached hydrogens (tertiary/aromatic N) is 5. The van der Waals surface area contributed by atoms with Crippen molar-refractivity contribution in [2.45, 2.75) is 44.2 Å². The molecule has 0 aliphatic carbocycles. The van der Waals surface area contributed by atoms with Crippen LogP contribution in [0, 0.1) is 0 Å². The van der Waals surface area contributed by atoms with Crippen molar-refractivity contribution < 1.29 is 57.7 Å². The van der Waals surface area contributed by atoms with Gasteiger partial charge in [-0.1, -0.05) is 4.52 Å². The fourth-order valence-electron chi connectivity index (χ4n) is 4.03. The number of carboxylic acid groups (broad SMARTS) is 2. The van der Waals surface area contributed by atoms with Crippen LogP contribution in [0.4, 0.5) is 17.5 Å². The molecule has 0 fully saturated rings. The SMILES string of the molecule is CN(Cc1cnc2nc(N)nc(N)c2n1)c1ccc(C(=O)NC(CCC(=O)NC(CC(OP(O)O)O[P+](=O)O)C(=O)O)C(=O)O)cc1. The predicted molar refractivity (Wildman–Crippen MR) is 162 cm³/mol. The molecule has 0 saturated heterocycles. The van der Waals surface area contributed by atoms with Crippen molar-refractivity contribution >= 4 is 69.2 Å². The van der Waals surface area contributed by atoms with Crippen LogP contribution in [0.5, 0.6) is 0 Å². The summed E-state index contributed by atoms with van der Waals surface area (Å²) in [4.78, 5) is 93.6. The first kappa shape index (κ1) is 36.7. The maximum atomic E-state index is 12.8. The molecular formula is C24H30N9O12P2+. The maximum Gasteiger partial charge on any atom is 0.697 e. The van der Waals surface area contributed by atoms with Crippen molar-refractivity contribution in [1.29, 1.82) is 0 Å². The van der Waals surface area contributed by atoms with E-state index in [1.807, 2.05) is 0 Å². The molecule has 0 bridgehead atoms. The van der Waals surface area contributed by atoms with Gasteiger partial charge in [0.15, 0.2) is 17.0 Å². The highest BCUT2D eigenvalue weighted by atomic mass is 31.2. The van der Waals surface area contributed by atoms with Crippen molar-refractivity contribution in [3.8, 4) is 0 Å². The molecule has 4 unspecified atom stereocenters. The summed E-state index contributed by atoms with van der Waals surface area (Å²) in [7, 11) is -4.68. The van der Waals surface area contributed by atoms with Gasteiger partial charge in [-0.3, -0.25) is 14.1 Å². The molecule has 2 heterocycles. The lowest BCUT2D eigenvalue weighted by Gasteiger charge is -2.20. The number of aliphatic carboxylic acids is 2. The number of carbonyl (C=O) groups is 4. The van der Waals surface area contributed by atoms with Gasteiger partial charge in [-0.15, -0.1) is 4.89 Å². The molecule has 11 N–H and O–H groups in total. The number of carbonyl (C=O) groups excluding carboxylic acids is 2. The third-order valence-corrected chi connectivity index (χ3v) is 7.05. The van der Waals surface area contributed by atoms with Crippen LogP contribution in [0.25, 0.3) is 11.2 Å². The molecule has 0 saturated carbocycles. The van der Waals surface area contributed by atoms with Crippen molar-refractivity contribution in [3.05, 3.63) is 41.7 Å². The summed E-state index contributed by atoms with van der Waals surface area (Å²) < 4.78 is 19.8. The molecule has 0 spiro atoms. The van der Waals surface area contributed by atoms with Gasteiger partial charge in [-0.25, -0.2) is 19.6 Å².